The number of para-hydroxylation sites is 1. The van der Waals surface area contributed by atoms with E-state index in [2.05, 4.69) is 57.8 Å². The molecule has 1 aromatic heterocycles. The molecular formula is C24H27N3O. The van der Waals surface area contributed by atoms with Crippen LogP contribution in [0.15, 0.2) is 54.7 Å². The first-order valence-corrected chi connectivity index (χ1v) is 9.90. The number of aromatic amines is 1. The van der Waals surface area contributed by atoms with Crippen molar-refractivity contribution in [2.75, 3.05) is 18.4 Å². The van der Waals surface area contributed by atoms with Gasteiger partial charge in [-0.2, -0.15) is 0 Å². The molecule has 0 aliphatic carbocycles. The van der Waals surface area contributed by atoms with Crippen LogP contribution in [0.4, 0.5) is 5.69 Å². The number of carbonyl (C=O) groups excluding carboxylic acids is 1. The minimum Gasteiger partial charge on any atom is -0.361 e. The number of fused-ring (bicyclic) bond motifs is 1. The maximum Gasteiger partial charge on any atom is 0.241 e. The number of H-pyrrole nitrogens is 1. The largest absolute Gasteiger partial charge is 0.361 e. The summed E-state index contributed by atoms with van der Waals surface area (Å²) in [4.78, 5) is 18.4. The van der Waals surface area contributed by atoms with Crippen LogP contribution in [0.2, 0.25) is 0 Å². The second-order valence-corrected chi connectivity index (χ2v) is 7.71. The van der Waals surface area contributed by atoms with Crippen LogP contribution in [-0.2, 0) is 4.79 Å². The van der Waals surface area contributed by atoms with E-state index in [1.54, 1.807) is 0 Å². The van der Waals surface area contributed by atoms with Gasteiger partial charge in [0.15, 0.2) is 0 Å². The predicted molar refractivity (Wildman–Crippen MR) is 116 cm³/mol. The fourth-order valence-electron chi connectivity index (χ4n) is 3.89. The first kappa shape index (κ1) is 18.5. The normalized spacial score (nSPS) is 16.0. The zero-order valence-corrected chi connectivity index (χ0v) is 16.8. The van der Waals surface area contributed by atoms with E-state index in [4.69, 9.17) is 0 Å². The predicted octanol–water partition coefficient (Wildman–Crippen LogP) is 4.90. The number of amides is 1. The Labute approximate surface area is 166 Å². The van der Waals surface area contributed by atoms with Gasteiger partial charge in [0, 0.05) is 41.4 Å². The van der Waals surface area contributed by atoms with E-state index in [0.717, 1.165) is 36.3 Å². The number of aromatic nitrogens is 1. The molecular weight excluding hydrogens is 346 g/mol. The number of anilines is 1. The van der Waals surface area contributed by atoms with Gasteiger partial charge in [-0.15, -0.1) is 0 Å². The standard InChI is InChI=1S/C24H27N3O/c1-16-8-9-17(2)23(14-16)26-24(28)18(3)27-12-10-19(11-13-27)21-15-25-22-7-5-4-6-20(21)22/h4-10,14-15,18,25H,11-13H2,1-3H3,(H,26,28). The van der Waals surface area contributed by atoms with Crippen molar-refractivity contribution in [1.29, 1.82) is 0 Å². The molecule has 1 aliphatic rings. The molecule has 0 bridgehead atoms. The van der Waals surface area contributed by atoms with Crippen LogP contribution in [0.3, 0.4) is 0 Å². The first-order valence-electron chi connectivity index (χ1n) is 9.90. The van der Waals surface area contributed by atoms with Crippen molar-refractivity contribution in [3.8, 4) is 0 Å². The van der Waals surface area contributed by atoms with Gasteiger partial charge < -0.3 is 10.3 Å². The highest BCUT2D eigenvalue weighted by molar-refractivity contribution is 5.96. The molecule has 2 aromatic carbocycles. The number of benzene rings is 2. The SMILES string of the molecule is Cc1ccc(C)c(NC(=O)C(C)N2CC=C(c3c[nH]c4ccccc34)CC2)c1. The Balaban J connectivity index is 1.45. The molecule has 1 amide bonds. The summed E-state index contributed by atoms with van der Waals surface area (Å²) in [6, 6.07) is 14.4. The Bertz CT molecular complexity index is 1050. The van der Waals surface area contributed by atoms with Crippen LogP contribution >= 0.6 is 0 Å². The van der Waals surface area contributed by atoms with Gasteiger partial charge in [0.25, 0.3) is 0 Å². The van der Waals surface area contributed by atoms with Crippen molar-refractivity contribution < 1.29 is 4.79 Å². The number of carbonyl (C=O) groups is 1. The van der Waals surface area contributed by atoms with E-state index in [1.165, 1.54) is 22.0 Å². The van der Waals surface area contributed by atoms with E-state index >= 15 is 0 Å². The Morgan fingerprint density at radius 1 is 1.18 bits per heavy atom. The van der Waals surface area contributed by atoms with Gasteiger partial charge in [0.05, 0.1) is 6.04 Å². The van der Waals surface area contributed by atoms with Crippen LogP contribution < -0.4 is 5.32 Å². The average Bonchev–Trinajstić information content (AvgIpc) is 3.14. The summed E-state index contributed by atoms with van der Waals surface area (Å²) in [7, 11) is 0. The summed E-state index contributed by atoms with van der Waals surface area (Å²) in [6.07, 6.45) is 5.31. The number of nitrogens with one attached hydrogen (secondary N) is 2. The molecule has 2 N–H and O–H groups in total. The molecule has 4 heteroatoms. The molecule has 1 aliphatic heterocycles. The van der Waals surface area contributed by atoms with Gasteiger partial charge in [-0.3, -0.25) is 9.69 Å². The van der Waals surface area contributed by atoms with Crippen molar-refractivity contribution in [1.82, 2.24) is 9.88 Å². The summed E-state index contributed by atoms with van der Waals surface area (Å²) >= 11 is 0. The fraction of sp³-hybridized carbons (Fsp3) is 0.292. The van der Waals surface area contributed by atoms with Gasteiger partial charge in [-0.05, 0) is 56.0 Å². The van der Waals surface area contributed by atoms with Crippen molar-refractivity contribution in [2.24, 2.45) is 0 Å². The van der Waals surface area contributed by atoms with E-state index in [0.29, 0.717) is 0 Å². The third kappa shape index (κ3) is 3.60. The third-order valence-corrected chi connectivity index (χ3v) is 5.75. The molecule has 0 spiro atoms. The van der Waals surface area contributed by atoms with E-state index in [9.17, 15) is 4.79 Å². The monoisotopic (exact) mass is 373 g/mol. The average molecular weight is 374 g/mol. The topological polar surface area (TPSA) is 48.1 Å². The molecule has 2 heterocycles. The second-order valence-electron chi connectivity index (χ2n) is 7.71. The zero-order valence-electron chi connectivity index (χ0n) is 16.8. The Hall–Kier alpha value is -2.85. The third-order valence-electron chi connectivity index (χ3n) is 5.75. The highest BCUT2D eigenvalue weighted by atomic mass is 16.2. The van der Waals surface area contributed by atoms with Gasteiger partial charge in [-0.1, -0.05) is 36.4 Å². The minimum atomic E-state index is -0.166. The van der Waals surface area contributed by atoms with Crippen LogP contribution in [0.5, 0.6) is 0 Å². The molecule has 0 radical (unpaired) electrons. The molecule has 1 atom stereocenters. The van der Waals surface area contributed by atoms with Gasteiger partial charge >= 0.3 is 0 Å². The fourth-order valence-corrected chi connectivity index (χ4v) is 3.89. The highest BCUT2D eigenvalue weighted by Crippen LogP contribution is 2.29. The highest BCUT2D eigenvalue weighted by Gasteiger charge is 2.24. The molecule has 4 nitrogen and oxygen atoms in total. The first-order chi connectivity index (χ1) is 13.5. The Morgan fingerprint density at radius 3 is 2.79 bits per heavy atom. The van der Waals surface area contributed by atoms with E-state index in [-0.39, 0.29) is 11.9 Å². The number of hydrogen-bond donors (Lipinski definition) is 2. The number of nitrogens with zero attached hydrogens (tertiary/aromatic N) is 1. The van der Waals surface area contributed by atoms with Crippen LogP contribution in [-0.4, -0.2) is 34.9 Å². The van der Waals surface area contributed by atoms with Crippen LogP contribution in [0, 0.1) is 13.8 Å². The van der Waals surface area contributed by atoms with Gasteiger partial charge in [0.2, 0.25) is 5.91 Å². The Morgan fingerprint density at radius 2 is 2.00 bits per heavy atom. The molecule has 3 aromatic rings. The van der Waals surface area contributed by atoms with Crippen molar-refractivity contribution >= 4 is 28.1 Å². The van der Waals surface area contributed by atoms with E-state index < -0.39 is 0 Å². The van der Waals surface area contributed by atoms with Crippen molar-refractivity contribution in [3.63, 3.8) is 0 Å². The Kier molecular flexibility index (Phi) is 5.05. The lowest BCUT2D eigenvalue weighted by atomic mass is 9.98. The molecule has 144 valence electrons. The molecule has 0 saturated heterocycles. The van der Waals surface area contributed by atoms with Gasteiger partial charge in [-0.25, -0.2) is 0 Å². The quantitative estimate of drug-likeness (QED) is 0.683. The minimum absolute atomic E-state index is 0.0534. The van der Waals surface area contributed by atoms with Gasteiger partial charge in [0.1, 0.15) is 0 Å². The van der Waals surface area contributed by atoms with Crippen LogP contribution in [0.1, 0.15) is 30.0 Å². The van der Waals surface area contributed by atoms with Crippen molar-refractivity contribution in [2.45, 2.75) is 33.2 Å². The lowest BCUT2D eigenvalue weighted by Gasteiger charge is -2.31. The lowest BCUT2D eigenvalue weighted by molar-refractivity contribution is -0.120. The summed E-state index contributed by atoms with van der Waals surface area (Å²) in [5.74, 6) is 0.0534. The maximum absolute atomic E-state index is 12.8. The summed E-state index contributed by atoms with van der Waals surface area (Å²) in [5.41, 5.74) is 6.95. The molecule has 28 heavy (non-hydrogen) atoms. The van der Waals surface area contributed by atoms with E-state index in [1.807, 2.05) is 32.9 Å². The molecule has 0 fully saturated rings. The smallest absolute Gasteiger partial charge is 0.241 e. The number of rotatable bonds is 4. The van der Waals surface area contributed by atoms with Crippen molar-refractivity contribution in [3.05, 3.63) is 71.4 Å². The number of aryl methyl sites for hydroxylation is 2. The summed E-state index contributed by atoms with van der Waals surface area (Å²) < 4.78 is 0. The molecule has 1 unspecified atom stereocenters. The lowest BCUT2D eigenvalue weighted by Crippen LogP contribution is -2.44. The summed E-state index contributed by atoms with van der Waals surface area (Å²) in [5, 5.41) is 4.37. The summed E-state index contributed by atoms with van der Waals surface area (Å²) in [6.45, 7) is 7.73. The second kappa shape index (κ2) is 7.64. The molecule has 4 rings (SSSR count). The van der Waals surface area contributed by atoms with Crippen LogP contribution in [0.25, 0.3) is 16.5 Å². The maximum atomic E-state index is 12.8. The number of hydrogen-bond acceptors (Lipinski definition) is 2. The molecule has 0 saturated carbocycles. The zero-order chi connectivity index (χ0) is 19.7.